The van der Waals surface area contributed by atoms with Crippen molar-refractivity contribution in [2.75, 3.05) is 6.61 Å². The topological polar surface area (TPSA) is 40.5 Å². The van der Waals surface area contributed by atoms with Crippen LogP contribution in [0.1, 0.15) is 26.7 Å². The lowest BCUT2D eigenvalue weighted by Crippen LogP contribution is -2.30. The van der Waals surface area contributed by atoms with Gasteiger partial charge in [0.05, 0.1) is 12.7 Å². The van der Waals surface area contributed by atoms with E-state index in [4.69, 9.17) is 5.11 Å². The van der Waals surface area contributed by atoms with Crippen molar-refractivity contribution in [3.05, 3.63) is 0 Å². The zero-order valence-electron chi connectivity index (χ0n) is 6.67. The van der Waals surface area contributed by atoms with Crippen molar-refractivity contribution in [1.29, 1.82) is 0 Å². The van der Waals surface area contributed by atoms with Gasteiger partial charge in [-0.25, -0.2) is 0 Å². The molecular weight excluding hydrogens is 128 g/mol. The molecule has 0 heterocycles. The van der Waals surface area contributed by atoms with Crippen LogP contribution in [0.25, 0.3) is 0 Å². The Bertz CT molecular complexity index is 116. The van der Waals surface area contributed by atoms with Gasteiger partial charge in [-0.3, -0.25) is 0 Å². The fourth-order valence-electron chi connectivity index (χ4n) is 1.42. The Morgan fingerprint density at radius 2 is 1.90 bits per heavy atom. The predicted octanol–water partition coefficient (Wildman–Crippen LogP) is 0.776. The van der Waals surface area contributed by atoms with Crippen LogP contribution in [0.4, 0.5) is 0 Å². The lowest BCUT2D eigenvalue weighted by molar-refractivity contribution is 0.0184. The highest BCUT2D eigenvalue weighted by atomic mass is 16.3. The van der Waals surface area contributed by atoms with E-state index < -0.39 is 0 Å². The van der Waals surface area contributed by atoms with Crippen LogP contribution < -0.4 is 0 Å². The Kier molecular flexibility index (Phi) is 2.02. The molecule has 0 aromatic carbocycles. The minimum atomic E-state index is -0.308. The second-order valence-corrected chi connectivity index (χ2v) is 3.71. The van der Waals surface area contributed by atoms with Crippen LogP contribution in [0, 0.1) is 11.3 Å². The molecule has 0 saturated heterocycles. The summed E-state index contributed by atoms with van der Waals surface area (Å²) < 4.78 is 0. The highest BCUT2D eigenvalue weighted by molar-refractivity contribution is 4.99. The zero-order chi connectivity index (χ0) is 7.78. The number of hydrogen-bond acceptors (Lipinski definition) is 2. The summed E-state index contributed by atoms with van der Waals surface area (Å²) in [6.45, 7) is 4.12. The average Bonchev–Trinajstić information content (AvgIpc) is 2.66. The third-order valence-electron chi connectivity index (χ3n) is 2.47. The molecule has 0 spiro atoms. The van der Waals surface area contributed by atoms with Crippen molar-refractivity contribution in [1.82, 2.24) is 0 Å². The SMILES string of the molecule is CC(C)C(O)C1(CO)CC1. The van der Waals surface area contributed by atoms with E-state index in [2.05, 4.69) is 0 Å². The third-order valence-corrected chi connectivity index (χ3v) is 2.47. The van der Waals surface area contributed by atoms with Crippen molar-refractivity contribution in [3.63, 3.8) is 0 Å². The summed E-state index contributed by atoms with van der Waals surface area (Å²) in [6.07, 6.45) is 1.67. The Hall–Kier alpha value is -0.0800. The maximum atomic E-state index is 9.56. The first-order chi connectivity index (χ1) is 4.62. The number of aliphatic hydroxyl groups excluding tert-OH is 2. The largest absolute Gasteiger partial charge is 0.396 e. The summed E-state index contributed by atoms with van der Waals surface area (Å²) in [5, 5.41) is 18.5. The minimum Gasteiger partial charge on any atom is -0.396 e. The van der Waals surface area contributed by atoms with Gasteiger partial charge >= 0.3 is 0 Å². The molecule has 0 aromatic rings. The molecule has 0 bridgehead atoms. The molecule has 2 heteroatoms. The summed E-state index contributed by atoms with van der Waals surface area (Å²) >= 11 is 0. The lowest BCUT2D eigenvalue weighted by Gasteiger charge is -2.22. The molecule has 60 valence electrons. The van der Waals surface area contributed by atoms with E-state index in [0.29, 0.717) is 0 Å². The summed E-state index contributed by atoms with van der Waals surface area (Å²) in [5.41, 5.74) is -0.117. The van der Waals surface area contributed by atoms with Crippen LogP contribution >= 0.6 is 0 Å². The van der Waals surface area contributed by atoms with Crippen LogP contribution in [0.2, 0.25) is 0 Å². The minimum absolute atomic E-state index is 0.117. The molecule has 1 saturated carbocycles. The molecular formula is C8H16O2. The molecule has 2 nitrogen and oxygen atoms in total. The summed E-state index contributed by atoms with van der Waals surface area (Å²) in [4.78, 5) is 0. The third kappa shape index (κ3) is 1.18. The second-order valence-electron chi connectivity index (χ2n) is 3.71. The number of aliphatic hydroxyl groups is 2. The molecule has 0 aromatic heterocycles. The standard InChI is InChI=1S/C8H16O2/c1-6(2)7(10)8(5-9)3-4-8/h6-7,9-10H,3-5H2,1-2H3. The Labute approximate surface area is 61.9 Å². The van der Waals surface area contributed by atoms with Crippen molar-refractivity contribution in [3.8, 4) is 0 Å². The second kappa shape index (κ2) is 2.51. The average molecular weight is 144 g/mol. The molecule has 1 rings (SSSR count). The highest BCUT2D eigenvalue weighted by Crippen LogP contribution is 2.50. The van der Waals surface area contributed by atoms with E-state index >= 15 is 0 Å². The molecule has 1 unspecified atom stereocenters. The highest BCUT2D eigenvalue weighted by Gasteiger charge is 2.49. The van der Waals surface area contributed by atoms with Crippen LogP contribution in [-0.4, -0.2) is 22.9 Å². The maximum Gasteiger partial charge on any atom is 0.0641 e. The van der Waals surface area contributed by atoms with Gasteiger partial charge in [-0.1, -0.05) is 13.8 Å². The summed E-state index contributed by atoms with van der Waals surface area (Å²) in [6, 6.07) is 0. The van der Waals surface area contributed by atoms with Gasteiger partial charge in [0.2, 0.25) is 0 Å². The van der Waals surface area contributed by atoms with Gasteiger partial charge in [-0.2, -0.15) is 0 Å². The van der Waals surface area contributed by atoms with E-state index in [9.17, 15) is 5.11 Å². The fraction of sp³-hybridized carbons (Fsp3) is 1.00. The molecule has 1 aliphatic rings. The number of rotatable bonds is 3. The Morgan fingerprint density at radius 3 is 2.00 bits per heavy atom. The first kappa shape index (κ1) is 8.02. The molecule has 0 aliphatic heterocycles. The fourth-order valence-corrected chi connectivity index (χ4v) is 1.42. The van der Waals surface area contributed by atoms with E-state index in [1.807, 2.05) is 13.8 Å². The van der Waals surface area contributed by atoms with Crippen molar-refractivity contribution in [2.45, 2.75) is 32.8 Å². The lowest BCUT2D eigenvalue weighted by atomic mass is 9.91. The van der Waals surface area contributed by atoms with Gasteiger partial charge in [0.1, 0.15) is 0 Å². The molecule has 10 heavy (non-hydrogen) atoms. The van der Waals surface area contributed by atoms with Crippen molar-refractivity contribution >= 4 is 0 Å². The molecule has 2 N–H and O–H groups in total. The maximum absolute atomic E-state index is 9.56. The van der Waals surface area contributed by atoms with E-state index in [1.165, 1.54) is 0 Å². The first-order valence-corrected chi connectivity index (χ1v) is 3.91. The van der Waals surface area contributed by atoms with Crippen LogP contribution in [-0.2, 0) is 0 Å². The van der Waals surface area contributed by atoms with Gasteiger partial charge < -0.3 is 10.2 Å². The van der Waals surface area contributed by atoms with Gasteiger partial charge in [0.25, 0.3) is 0 Å². The zero-order valence-corrected chi connectivity index (χ0v) is 6.67. The van der Waals surface area contributed by atoms with Gasteiger partial charge in [-0.05, 0) is 18.8 Å². The van der Waals surface area contributed by atoms with Crippen LogP contribution in [0.5, 0.6) is 0 Å². The first-order valence-electron chi connectivity index (χ1n) is 3.91. The van der Waals surface area contributed by atoms with E-state index in [-0.39, 0.29) is 24.0 Å². The monoisotopic (exact) mass is 144 g/mol. The Morgan fingerprint density at radius 1 is 1.40 bits per heavy atom. The molecule has 1 atom stereocenters. The predicted molar refractivity (Wildman–Crippen MR) is 39.6 cm³/mol. The molecule has 0 radical (unpaired) electrons. The van der Waals surface area contributed by atoms with E-state index in [0.717, 1.165) is 12.8 Å². The number of hydrogen-bond donors (Lipinski definition) is 2. The molecule has 1 aliphatic carbocycles. The summed E-state index contributed by atoms with van der Waals surface area (Å²) in [5.74, 6) is 0.273. The van der Waals surface area contributed by atoms with Gasteiger partial charge in [0.15, 0.2) is 0 Å². The quantitative estimate of drug-likeness (QED) is 0.614. The Balaban J connectivity index is 2.47. The normalized spacial score (nSPS) is 24.9. The smallest absolute Gasteiger partial charge is 0.0641 e. The van der Waals surface area contributed by atoms with E-state index in [1.54, 1.807) is 0 Å². The van der Waals surface area contributed by atoms with Crippen LogP contribution in [0.3, 0.4) is 0 Å². The van der Waals surface area contributed by atoms with Crippen molar-refractivity contribution < 1.29 is 10.2 Å². The van der Waals surface area contributed by atoms with Gasteiger partial charge in [-0.15, -0.1) is 0 Å². The summed E-state index contributed by atoms with van der Waals surface area (Å²) in [7, 11) is 0. The van der Waals surface area contributed by atoms with Crippen LogP contribution in [0.15, 0.2) is 0 Å². The molecule has 0 amide bonds. The molecule has 1 fully saturated rings. The van der Waals surface area contributed by atoms with Crippen molar-refractivity contribution in [2.24, 2.45) is 11.3 Å². The van der Waals surface area contributed by atoms with Gasteiger partial charge in [0, 0.05) is 5.41 Å².